The van der Waals surface area contributed by atoms with Crippen LogP contribution in [0.5, 0.6) is 5.75 Å². The molecule has 1 aromatic heterocycles. The zero-order valence-corrected chi connectivity index (χ0v) is 16.5. The van der Waals surface area contributed by atoms with E-state index in [4.69, 9.17) is 4.74 Å². The molecule has 0 bridgehead atoms. The molecule has 0 radical (unpaired) electrons. The summed E-state index contributed by atoms with van der Waals surface area (Å²) >= 11 is 1.39. The number of piperidine rings is 1. The van der Waals surface area contributed by atoms with Gasteiger partial charge in [-0.1, -0.05) is 31.5 Å². The van der Waals surface area contributed by atoms with E-state index in [1.54, 1.807) is 13.3 Å². The number of para-hydroxylation sites is 1. The first-order chi connectivity index (χ1) is 13.2. The van der Waals surface area contributed by atoms with Gasteiger partial charge in [0, 0.05) is 30.1 Å². The molecule has 2 atom stereocenters. The van der Waals surface area contributed by atoms with Crippen molar-refractivity contribution in [3.05, 3.63) is 41.4 Å². The summed E-state index contributed by atoms with van der Waals surface area (Å²) in [7, 11) is 1.62. The Kier molecular flexibility index (Phi) is 6.45. The first-order valence-corrected chi connectivity index (χ1v) is 10.2. The van der Waals surface area contributed by atoms with Gasteiger partial charge < -0.3 is 15.0 Å². The molecule has 7 heteroatoms. The van der Waals surface area contributed by atoms with Crippen molar-refractivity contribution in [1.82, 2.24) is 9.88 Å². The highest BCUT2D eigenvalue weighted by molar-refractivity contribution is 7.13. The van der Waals surface area contributed by atoms with Crippen molar-refractivity contribution in [3.63, 3.8) is 0 Å². The van der Waals surface area contributed by atoms with Gasteiger partial charge in [-0.15, -0.1) is 11.3 Å². The second kappa shape index (κ2) is 8.99. The summed E-state index contributed by atoms with van der Waals surface area (Å²) in [6.07, 6.45) is 4.44. The third-order valence-electron chi connectivity index (χ3n) is 4.92. The molecule has 0 aliphatic carbocycles. The highest BCUT2D eigenvalue weighted by atomic mass is 32.1. The van der Waals surface area contributed by atoms with E-state index in [1.807, 2.05) is 34.5 Å². The molecule has 1 aromatic carbocycles. The Bertz CT molecular complexity index is 779. The summed E-state index contributed by atoms with van der Waals surface area (Å²) in [4.78, 5) is 31.8. The fourth-order valence-electron chi connectivity index (χ4n) is 3.60. The Morgan fingerprint density at radius 3 is 2.93 bits per heavy atom. The predicted molar refractivity (Wildman–Crippen MR) is 106 cm³/mol. The average Bonchev–Trinajstić information content (AvgIpc) is 3.19. The molecular weight excluding hydrogens is 362 g/mol. The molecule has 1 aliphatic rings. The van der Waals surface area contributed by atoms with Crippen LogP contribution in [-0.2, 0) is 9.59 Å². The van der Waals surface area contributed by atoms with Gasteiger partial charge in [-0.05, 0) is 18.9 Å². The van der Waals surface area contributed by atoms with Gasteiger partial charge in [-0.2, -0.15) is 0 Å². The number of carbonyl (C=O) groups excluding carboxylic acids is 2. The van der Waals surface area contributed by atoms with E-state index < -0.39 is 0 Å². The number of hydrogen-bond donors (Lipinski definition) is 1. The minimum atomic E-state index is -0.347. The Morgan fingerprint density at radius 2 is 2.22 bits per heavy atom. The first kappa shape index (κ1) is 19.4. The second-order valence-corrected chi connectivity index (χ2v) is 7.49. The van der Waals surface area contributed by atoms with Gasteiger partial charge in [0.15, 0.2) is 5.13 Å². The molecule has 1 N–H and O–H groups in total. The quantitative estimate of drug-likeness (QED) is 0.783. The van der Waals surface area contributed by atoms with Crippen LogP contribution in [-0.4, -0.2) is 35.4 Å². The molecule has 6 nitrogen and oxygen atoms in total. The third kappa shape index (κ3) is 4.30. The predicted octanol–water partition coefficient (Wildman–Crippen LogP) is 3.87. The molecule has 0 saturated carbocycles. The smallest absolute Gasteiger partial charge is 0.231 e. The molecule has 3 rings (SSSR count). The van der Waals surface area contributed by atoms with Crippen molar-refractivity contribution >= 4 is 28.3 Å². The largest absolute Gasteiger partial charge is 0.496 e. The van der Waals surface area contributed by atoms with Crippen LogP contribution >= 0.6 is 11.3 Å². The van der Waals surface area contributed by atoms with Crippen molar-refractivity contribution in [1.29, 1.82) is 0 Å². The van der Waals surface area contributed by atoms with E-state index >= 15 is 0 Å². The van der Waals surface area contributed by atoms with Crippen LogP contribution in [0.2, 0.25) is 0 Å². The monoisotopic (exact) mass is 387 g/mol. The Balaban J connectivity index is 1.96. The maximum Gasteiger partial charge on any atom is 0.231 e. The number of benzene rings is 1. The van der Waals surface area contributed by atoms with Gasteiger partial charge in [-0.3, -0.25) is 9.59 Å². The summed E-state index contributed by atoms with van der Waals surface area (Å²) in [5.74, 6) is 0.345. The number of likely N-dealkylation sites (tertiary alicyclic amines) is 1. The van der Waals surface area contributed by atoms with E-state index in [1.165, 1.54) is 11.3 Å². The molecule has 2 amide bonds. The number of amides is 2. The standard InChI is InChI=1S/C20H25N3O3S/c1-3-4-12-23-17(24)10-9-15(19(25)22-20-21-11-13-27-20)18(23)14-7-5-6-8-16(14)26-2/h5-8,11,13,15,18H,3-4,9-10,12H2,1-2H3,(H,21,22,25)/t15-,18-/m1/s1. The van der Waals surface area contributed by atoms with Gasteiger partial charge >= 0.3 is 0 Å². The van der Waals surface area contributed by atoms with Crippen LogP contribution in [0.4, 0.5) is 5.13 Å². The van der Waals surface area contributed by atoms with Crippen molar-refractivity contribution in [3.8, 4) is 5.75 Å². The van der Waals surface area contributed by atoms with Gasteiger partial charge in [0.2, 0.25) is 11.8 Å². The highest BCUT2D eigenvalue weighted by Gasteiger charge is 2.41. The number of anilines is 1. The van der Waals surface area contributed by atoms with Gasteiger partial charge in [-0.25, -0.2) is 4.98 Å². The highest BCUT2D eigenvalue weighted by Crippen LogP contribution is 2.41. The fourth-order valence-corrected chi connectivity index (χ4v) is 4.13. The lowest BCUT2D eigenvalue weighted by molar-refractivity contribution is -0.142. The van der Waals surface area contributed by atoms with E-state index in [2.05, 4.69) is 17.2 Å². The fraction of sp³-hybridized carbons (Fsp3) is 0.450. The lowest BCUT2D eigenvalue weighted by Gasteiger charge is -2.41. The maximum atomic E-state index is 13.1. The van der Waals surface area contributed by atoms with Gasteiger partial charge in [0.25, 0.3) is 0 Å². The molecule has 1 aliphatic heterocycles. The van der Waals surface area contributed by atoms with E-state index in [0.717, 1.165) is 18.4 Å². The Labute approximate surface area is 163 Å². The normalized spacial score (nSPS) is 19.8. The summed E-state index contributed by atoms with van der Waals surface area (Å²) in [6, 6.07) is 7.31. The third-order valence-corrected chi connectivity index (χ3v) is 5.60. The Hall–Kier alpha value is -2.41. The molecule has 2 aromatic rings. The summed E-state index contributed by atoms with van der Waals surface area (Å²) in [6.45, 7) is 2.73. The topological polar surface area (TPSA) is 71.5 Å². The molecule has 2 heterocycles. The Morgan fingerprint density at radius 1 is 1.41 bits per heavy atom. The number of aromatic nitrogens is 1. The molecule has 0 unspecified atom stereocenters. The number of hydrogen-bond acceptors (Lipinski definition) is 5. The van der Waals surface area contributed by atoms with Gasteiger partial charge in [0.1, 0.15) is 5.75 Å². The number of carbonyl (C=O) groups is 2. The van der Waals surface area contributed by atoms with Crippen LogP contribution in [0, 0.1) is 5.92 Å². The molecule has 144 valence electrons. The number of nitrogens with zero attached hydrogens (tertiary/aromatic N) is 2. The maximum absolute atomic E-state index is 13.1. The lowest BCUT2D eigenvalue weighted by Crippen LogP contribution is -2.47. The molecular formula is C20H25N3O3S. The first-order valence-electron chi connectivity index (χ1n) is 9.28. The number of rotatable bonds is 7. The van der Waals surface area contributed by atoms with Crippen LogP contribution in [0.1, 0.15) is 44.2 Å². The summed E-state index contributed by atoms with van der Waals surface area (Å²) in [5, 5.41) is 5.31. The average molecular weight is 388 g/mol. The van der Waals surface area contributed by atoms with Crippen LogP contribution < -0.4 is 10.1 Å². The van der Waals surface area contributed by atoms with Crippen LogP contribution in [0.3, 0.4) is 0 Å². The number of ether oxygens (including phenoxy) is 1. The molecule has 0 spiro atoms. The van der Waals surface area contributed by atoms with Crippen molar-refractivity contribution in [2.24, 2.45) is 5.92 Å². The molecule has 27 heavy (non-hydrogen) atoms. The van der Waals surface area contributed by atoms with E-state index in [9.17, 15) is 9.59 Å². The van der Waals surface area contributed by atoms with Gasteiger partial charge in [0.05, 0.1) is 19.1 Å². The number of unbranched alkanes of at least 4 members (excludes halogenated alkanes) is 1. The van der Waals surface area contributed by atoms with Crippen molar-refractivity contribution < 1.29 is 14.3 Å². The van der Waals surface area contributed by atoms with Crippen LogP contribution in [0.15, 0.2) is 35.8 Å². The zero-order valence-electron chi connectivity index (χ0n) is 15.7. The number of thiazole rings is 1. The number of nitrogens with one attached hydrogen (secondary N) is 1. The molecule has 1 saturated heterocycles. The molecule has 1 fully saturated rings. The van der Waals surface area contributed by atoms with Crippen LogP contribution in [0.25, 0.3) is 0 Å². The summed E-state index contributed by atoms with van der Waals surface area (Å²) < 4.78 is 5.54. The van der Waals surface area contributed by atoms with Crippen molar-refractivity contribution in [2.75, 3.05) is 19.0 Å². The number of methoxy groups -OCH3 is 1. The SMILES string of the molecule is CCCCN1C(=O)CC[C@@H](C(=O)Nc2nccs2)[C@H]1c1ccccc1OC. The summed E-state index contributed by atoms with van der Waals surface area (Å²) in [5.41, 5.74) is 0.878. The minimum Gasteiger partial charge on any atom is -0.496 e. The zero-order chi connectivity index (χ0) is 19.2. The minimum absolute atomic E-state index is 0.0951. The van der Waals surface area contributed by atoms with E-state index in [0.29, 0.717) is 30.3 Å². The van der Waals surface area contributed by atoms with E-state index in [-0.39, 0.29) is 23.8 Å². The lowest BCUT2D eigenvalue weighted by atomic mass is 9.83. The van der Waals surface area contributed by atoms with Crippen molar-refractivity contribution in [2.45, 2.75) is 38.6 Å². The second-order valence-electron chi connectivity index (χ2n) is 6.60.